The van der Waals surface area contributed by atoms with Gasteiger partial charge in [0, 0.05) is 12.3 Å². The minimum absolute atomic E-state index is 0.316. The molecule has 0 aliphatic rings. The summed E-state index contributed by atoms with van der Waals surface area (Å²) in [6, 6.07) is -0.565. The molecule has 0 saturated heterocycles. The third-order valence-corrected chi connectivity index (χ3v) is 5.80. The fourth-order valence-corrected chi connectivity index (χ4v) is 3.70. The maximum Gasteiger partial charge on any atom is 0.321 e. The Hall–Kier alpha value is -0.480. The number of hydrogen-bond acceptors (Lipinski definition) is 3. The molecule has 27 heavy (non-hydrogen) atoms. The molecule has 4 heteroatoms. The Morgan fingerprint density at radius 2 is 1.48 bits per heavy atom. The zero-order valence-corrected chi connectivity index (χ0v) is 19.4. The van der Waals surface area contributed by atoms with Crippen molar-refractivity contribution in [2.24, 2.45) is 17.8 Å². The first kappa shape index (κ1) is 26.5. The largest absolute Gasteiger partial charge is 0.480 e. The number of hydrogen-bond donors (Lipinski definition) is 3. The summed E-state index contributed by atoms with van der Waals surface area (Å²) >= 11 is 4.06. The van der Waals surface area contributed by atoms with Crippen LogP contribution in [0.2, 0.25) is 0 Å². The fraction of sp³-hybridized carbons (Fsp3) is 0.870. The van der Waals surface area contributed by atoms with Gasteiger partial charge < -0.3 is 10.4 Å². The summed E-state index contributed by atoms with van der Waals surface area (Å²) < 4.78 is 0. The van der Waals surface area contributed by atoms with E-state index >= 15 is 0 Å². The van der Waals surface area contributed by atoms with Gasteiger partial charge in [0.2, 0.25) is 0 Å². The molecule has 0 aromatic carbocycles. The van der Waals surface area contributed by atoms with Crippen molar-refractivity contribution in [3.63, 3.8) is 0 Å². The predicted octanol–water partition coefficient (Wildman–Crippen LogP) is 6.34. The Morgan fingerprint density at radius 3 is 1.96 bits per heavy atom. The monoisotopic (exact) mass is 399 g/mol. The molecule has 160 valence electrons. The van der Waals surface area contributed by atoms with Gasteiger partial charge in [-0.3, -0.25) is 4.79 Å². The lowest BCUT2D eigenvalue weighted by Gasteiger charge is -2.15. The molecule has 0 fully saturated rings. The maximum absolute atomic E-state index is 10.9. The molecule has 0 aromatic rings. The van der Waals surface area contributed by atoms with E-state index in [0.29, 0.717) is 12.3 Å². The summed E-state index contributed by atoms with van der Waals surface area (Å²) in [5.74, 6) is 2.00. The van der Waals surface area contributed by atoms with Crippen molar-refractivity contribution < 1.29 is 9.90 Å². The lowest BCUT2D eigenvalue weighted by atomic mass is 9.91. The highest BCUT2D eigenvalue weighted by Crippen LogP contribution is 2.21. The van der Waals surface area contributed by atoms with Gasteiger partial charge in [0.05, 0.1) is 0 Å². The van der Waals surface area contributed by atoms with Crippen LogP contribution in [0.1, 0.15) is 92.4 Å². The second-order valence-corrected chi connectivity index (χ2v) is 9.26. The molecule has 0 aromatic heterocycles. The third-order valence-electron chi connectivity index (χ3n) is 5.44. The summed E-state index contributed by atoms with van der Waals surface area (Å²) in [5.41, 5.74) is 1.34. The molecule has 0 amide bonds. The molecule has 3 atom stereocenters. The first-order valence-corrected chi connectivity index (χ1v) is 11.6. The molecule has 2 N–H and O–H groups in total. The van der Waals surface area contributed by atoms with E-state index in [4.69, 9.17) is 5.11 Å². The Labute approximate surface area is 174 Å². The van der Waals surface area contributed by atoms with E-state index < -0.39 is 12.0 Å². The van der Waals surface area contributed by atoms with Gasteiger partial charge in [0.25, 0.3) is 0 Å². The summed E-state index contributed by atoms with van der Waals surface area (Å²) in [6.07, 6.45) is 14.0. The van der Waals surface area contributed by atoms with Gasteiger partial charge in [-0.25, -0.2) is 0 Å². The van der Waals surface area contributed by atoms with Crippen LogP contribution in [-0.4, -0.2) is 29.4 Å². The number of carboxylic acid groups (broad SMARTS) is 1. The van der Waals surface area contributed by atoms with Crippen LogP contribution >= 0.6 is 12.6 Å². The van der Waals surface area contributed by atoms with Gasteiger partial charge in [0.1, 0.15) is 6.04 Å². The van der Waals surface area contributed by atoms with Gasteiger partial charge in [0.15, 0.2) is 0 Å². The van der Waals surface area contributed by atoms with Crippen LogP contribution in [-0.2, 0) is 4.79 Å². The van der Waals surface area contributed by atoms with Gasteiger partial charge >= 0.3 is 5.97 Å². The van der Waals surface area contributed by atoms with Crippen molar-refractivity contribution in [3.05, 3.63) is 11.6 Å². The number of carbonyl (C=O) groups is 1. The molecular formula is C23H45NO2S. The topological polar surface area (TPSA) is 49.3 Å². The number of rotatable bonds is 17. The van der Waals surface area contributed by atoms with E-state index in [1.165, 1.54) is 56.9 Å². The molecule has 0 spiro atoms. The number of nitrogens with one attached hydrogen (secondary N) is 1. The molecule has 2 unspecified atom stereocenters. The van der Waals surface area contributed by atoms with Crippen LogP contribution in [0, 0.1) is 17.8 Å². The van der Waals surface area contributed by atoms with Crippen molar-refractivity contribution in [1.29, 1.82) is 0 Å². The number of aliphatic carboxylic acids is 1. The Balaban J connectivity index is 3.75. The van der Waals surface area contributed by atoms with E-state index in [-0.39, 0.29) is 0 Å². The van der Waals surface area contributed by atoms with E-state index in [9.17, 15) is 4.79 Å². The number of allylic oxidation sites excluding steroid dienone is 1. The highest BCUT2D eigenvalue weighted by molar-refractivity contribution is 7.80. The van der Waals surface area contributed by atoms with Crippen LogP contribution in [0.5, 0.6) is 0 Å². The Bertz CT molecular complexity index is 409. The van der Waals surface area contributed by atoms with Gasteiger partial charge in [-0.2, -0.15) is 12.6 Å². The highest BCUT2D eigenvalue weighted by Gasteiger charge is 2.13. The standard InChI is InChI=1S/C23H45NO2S/c1-18(2)9-6-10-19(3)11-7-12-20(4)13-8-14-21(5)15-16-24-22(17-27)23(25)26/h15,18-20,22,24,27H,6-14,16-17H2,1-5H3,(H,25,26)/t19?,20?,22-/m1/s1. The summed E-state index contributed by atoms with van der Waals surface area (Å²) in [7, 11) is 0. The minimum atomic E-state index is -0.834. The number of thiol groups is 1. The zero-order valence-electron chi connectivity index (χ0n) is 18.5. The summed E-state index contributed by atoms with van der Waals surface area (Å²) in [4.78, 5) is 10.9. The van der Waals surface area contributed by atoms with Crippen LogP contribution in [0.15, 0.2) is 11.6 Å². The molecule has 0 saturated carbocycles. The molecule has 3 nitrogen and oxygen atoms in total. The van der Waals surface area contributed by atoms with E-state index in [1.807, 2.05) is 0 Å². The SMILES string of the molecule is CC(=CCN[C@H](CS)C(=O)O)CCCC(C)CCCC(C)CCCC(C)C. The maximum atomic E-state index is 10.9. The van der Waals surface area contributed by atoms with Crippen molar-refractivity contribution in [2.75, 3.05) is 12.3 Å². The molecule has 0 aliphatic carbocycles. The average molecular weight is 400 g/mol. The average Bonchev–Trinajstić information content (AvgIpc) is 2.58. The fourth-order valence-electron chi connectivity index (χ4n) is 3.41. The van der Waals surface area contributed by atoms with Gasteiger partial charge in [-0.15, -0.1) is 0 Å². The second kappa shape index (κ2) is 16.5. The second-order valence-electron chi connectivity index (χ2n) is 8.89. The van der Waals surface area contributed by atoms with Crippen LogP contribution in [0.25, 0.3) is 0 Å². The van der Waals surface area contributed by atoms with Crippen LogP contribution in [0.4, 0.5) is 0 Å². The zero-order chi connectivity index (χ0) is 20.7. The minimum Gasteiger partial charge on any atom is -0.480 e. The quantitative estimate of drug-likeness (QED) is 0.197. The Kier molecular flexibility index (Phi) is 16.2. The van der Waals surface area contributed by atoms with Crippen LogP contribution in [0.3, 0.4) is 0 Å². The first-order valence-electron chi connectivity index (χ1n) is 11.0. The first-order chi connectivity index (χ1) is 12.8. The lowest BCUT2D eigenvalue weighted by Crippen LogP contribution is -2.38. The summed E-state index contributed by atoms with van der Waals surface area (Å²) in [6.45, 7) is 12.2. The normalized spacial score (nSPS) is 15.7. The van der Waals surface area contributed by atoms with Gasteiger partial charge in [-0.1, -0.05) is 84.3 Å². The molecular weight excluding hydrogens is 354 g/mol. The van der Waals surface area contributed by atoms with Crippen molar-refractivity contribution in [2.45, 2.75) is 98.4 Å². The molecule has 0 radical (unpaired) electrons. The predicted molar refractivity (Wildman–Crippen MR) is 122 cm³/mol. The molecule has 0 heterocycles. The van der Waals surface area contributed by atoms with Crippen molar-refractivity contribution >= 4 is 18.6 Å². The highest BCUT2D eigenvalue weighted by atomic mass is 32.1. The van der Waals surface area contributed by atoms with E-state index in [0.717, 1.165) is 24.2 Å². The molecule has 0 rings (SSSR count). The van der Waals surface area contributed by atoms with E-state index in [1.54, 1.807) is 0 Å². The van der Waals surface area contributed by atoms with Crippen LogP contribution < -0.4 is 5.32 Å². The van der Waals surface area contributed by atoms with Crippen molar-refractivity contribution in [3.8, 4) is 0 Å². The van der Waals surface area contributed by atoms with Gasteiger partial charge in [-0.05, 0) is 37.5 Å². The smallest absolute Gasteiger partial charge is 0.321 e. The van der Waals surface area contributed by atoms with Crippen molar-refractivity contribution in [1.82, 2.24) is 5.32 Å². The van der Waals surface area contributed by atoms with E-state index in [2.05, 4.69) is 58.6 Å². The third kappa shape index (κ3) is 16.2. The summed E-state index contributed by atoms with van der Waals surface area (Å²) in [5, 5.41) is 12.0. The lowest BCUT2D eigenvalue weighted by molar-refractivity contribution is -0.138. The molecule has 0 aliphatic heterocycles. The number of carboxylic acids is 1. The Morgan fingerprint density at radius 1 is 0.963 bits per heavy atom. The molecule has 0 bridgehead atoms.